The Morgan fingerprint density at radius 2 is 1.46 bits per heavy atom. The van der Waals surface area contributed by atoms with Crippen LogP contribution >= 0.6 is 0 Å². The van der Waals surface area contributed by atoms with Crippen LogP contribution in [0.3, 0.4) is 0 Å². The fraction of sp³-hybridized carbons (Fsp3) is 0.273. The van der Waals surface area contributed by atoms with Gasteiger partial charge in [0.1, 0.15) is 0 Å². The van der Waals surface area contributed by atoms with Crippen molar-refractivity contribution in [1.29, 1.82) is 0 Å². The summed E-state index contributed by atoms with van der Waals surface area (Å²) >= 11 is 0. The predicted octanol–water partition coefficient (Wildman–Crippen LogP) is 5.39. The molecule has 1 N–H and O–H groups in total. The molecule has 2 unspecified atom stereocenters. The first kappa shape index (κ1) is 18.6. The molecular weight excluding hydrogens is 342 g/mol. The summed E-state index contributed by atoms with van der Waals surface area (Å²) < 4.78 is 28.3. The minimum atomic E-state index is -3.58. The quantitative estimate of drug-likeness (QED) is 0.634. The molecule has 0 radical (unpaired) electrons. The predicted molar refractivity (Wildman–Crippen MR) is 108 cm³/mol. The molecule has 0 spiro atoms. The lowest BCUT2D eigenvalue weighted by Crippen LogP contribution is -2.26. The molecule has 0 aliphatic heterocycles. The molecule has 3 aromatic carbocycles. The van der Waals surface area contributed by atoms with Crippen LogP contribution in [-0.2, 0) is 10.0 Å². The summed E-state index contributed by atoms with van der Waals surface area (Å²) in [6.45, 7) is 6.23. The monoisotopic (exact) mass is 367 g/mol. The molecule has 4 heteroatoms. The first-order valence-corrected chi connectivity index (χ1v) is 10.5. The molecule has 0 bridgehead atoms. The maximum absolute atomic E-state index is 12.8. The molecule has 0 aliphatic carbocycles. The van der Waals surface area contributed by atoms with Gasteiger partial charge in [-0.15, -0.1) is 0 Å². The highest BCUT2D eigenvalue weighted by Gasteiger charge is 2.19. The lowest BCUT2D eigenvalue weighted by atomic mass is 9.96. The van der Waals surface area contributed by atoms with Crippen LogP contribution in [0.5, 0.6) is 0 Å². The van der Waals surface area contributed by atoms with E-state index in [4.69, 9.17) is 0 Å². The van der Waals surface area contributed by atoms with Gasteiger partial charge in [-0.1, -0.05) is 68.4 Å². The number of fused-ring (bicyclic) bond motifs is 1. The number of benzene rings is 3. The molecule has 0 aliphatic rings. The Kier molecular flexibility index (Phi) is 5.44. The van der Waals surface area contributed by atoms with E-state index in [0.29, 0.717) is 10.8 Å². The van der Waals surface area contributed by atoms with Gasteiger partial charge >= 0.3 is 0 Å². The van der Waals surface area contributed by atoms with Crippen LogP contribution < -0.4 is 4.72 Å². The topological polar surface area (TPSA) is 46.2 Å². The summed E-state index contributed by atoms with van der Waals surface area (Å²) in [5.74, 6) is 0.508. The molecular formula is C22H25NO2S. The van der Waals surface area contributed by atoms with Crippen molar-refractivity contribution in [2.75, 3.05) is 0 Å². The minimum Gasteiger partial charge on any atom is -0.207 e. The third-order valence-corrected chi connectivity index (χ3v) is 6.52. The van der Waals surface area contributed by atoms with Gasteiger partial charge in [-0.25, -0.2) is 13.1 Å². The van der Waals surface area contributed by atoms with Gasteiger partial charge in [0.25, 0.3) is 0 Å². The average Bonchev–Trinajstić information content (AvgIpc) is 2.66. The van der Waals surface area contributed by atoms with Crippen LogP contribution in [-0.4, -0.2) is 8.42 Å². The van der Waals surface area contributed by atoms with Crippen molar-refractivity contribution in [3.8, 4) is 0 Å². The Hall–Kier alpha value is -2.17. The van der Waals surface area contributed by atoms with Gasteiger partial charge in [-0.3, -0.25) is 0 Å². The van der Waals surface area contributed by atoms with Gasteiger partial charge in [0.2, 0.25) is 10.0 Å². The molecule has 136 valence electrons. The van der Waals surface area contributed by atoms with Crippen LogP contribution in [0.25, 0.3) is 10.8 Å². The molecule has 3 nitrogen and oxygen atoms in total. The molecule has 3 rings (SSSR count). The maximum atomic E-state index is 12.8. The minimum absolute atomic E-state index is 0.291. The zero-order valence-electron chi connectivity index (χ0n) is 15.4. The van der Waals surface area contributed by atoms with Crippen LogP contribution in [0.1, 0.15) is 50.3 Å². The highest BCUT2D eigenvalue weighted by molar-refractivity contribution is 7.89. The second-order valence-electron chi connectivity index (χ2n) is 6.83. The van der Waals surface area contributed by atoms with Gasteiger partial charge < -0.3 is 0 Å². The van der Waals surface area contributed by atoms with Crippen LogP contribution in [0.15, 0.2) is 71.6 Å². The number of hydrogen-bond acceptors (Lipinski definition) is 2. The second-order valence-corrected chi connectivity index (χ2v) is 8.54. The molecule has 0 heterocycles. The lowest BCUT2D eigenvalue weighted by molar-refractivity contribution is 0.567. The summed E-state index contributed by atoms with van der Waals surface area (Å²) in [6, 6.07) is 20.9. The van der Waals surface area contributed by atoms with Crippen LogP contribution in [0, 0.1) is 0 Å². The van der Waals surface area contributed by atoms with Crippen molar-refractivity contribution >= 4 is 20.8 Å². The second kappa shape index (κ2) is 7.60. The summed E-state index contributed by atoms with van der Waals surface area (Å²) in [4.78, 5) is 0.291. The highest BCUT2D eigenvalue weighted by Crippen LogP contribution is 2.24. The van der Waals surface area contributed by atoms with E-state index < -0.39 is 10.0 Å². The molecule has 26 heavy (non-hydrogen) atoms. The smallest absolute Gasteiger partial charge is 0.207 e. The van der Waals surface area contributed by atoms with Gasteiger partial charge in [-0.05, 0) is 53.3 Å². The van der Waals surface area contributed by atoms with E-state index in [0.717, 1.165) is 22.8 Å². The highest BCUT2D eigenvalue weighted by atomic mass is 32.2. The van der Waals surface area contributed by atoms with E-state index in [9.17, 15) is 8.42 Å². The van der Waals surface area contributed by atoms with Crippen LogP contribution in [0.2, 0.25) is 0 Å². The van der Waals surface area contributed by atoms with E-state index in [2.05, 4.69) is 30.7 Å². The molecule has 2 atom stereocenters. The van der Waals surface area contributed by atoms with Crippen molar-refractivity contribution < 1.29 is 8.42 Å². The van der Waals surface area contributed by atoms with E-state index >= 15 is 0 Å². The first-order valence-electron chi connectivity index (χ1n) is 9.01. The fourth-order valence-electron chi connectivity index (χ4n) is 3.05. The number of rotatable bonds is 6. The summed E-state index contributed by atoms with van der Waals surface area (Å²) in [5.41, 5.74) is 2.24. The number of hydrogen-bond donors (Lipinski definition) is 1. The van der Waals surface area contributed by atoms with Crippen molar-refractivity contribution in [3.05, 3.63) is 77.9 Å². The number of nitrogens with one attached hydrogen (secondary N) is 1. The van der Waals surface area contributed by atoms with E-state index in [1.54, 1.807) is 12.1 Å². The first-order chi connectivity index (χ1) is 12.4. The lowest BCUT2D eigenvalue weighted by Gasteiger charge is -2.16. The molecule has 0 fully saturated rings. The normalized spacial score (nSPS) is 14.3. The zero-order chi connectivity index (χ0) is 18.7. The Bertz CT molecular complexity index is 994. The third kappa shape index (κ3) is 3.97. The van der Waals surface area contributed by atoms with E-state index in [1.807, 2.05) is 49.4 Å². The molecule has 0 aromatic heterocycles. The largest absolute Gasteiger partial charge is 0.241 e. The van der Waals surface area contributed by atoms with Gasteiger partial charge in [-0.2, -0.15) is 0 Å². The van der Waals surface area contributed by atoms with Gasteiger partial charge in [0.05, 0.1) is 4.90 Å². The fourth-order valence-corrected chi connectivity index (χ4v) is 4.32. The van der Waals surface area contributed by atoms with Gasteiger partial charge in [0.15, 0.2) is 0 Å². The third-order valence-electron chi connectivity index (χ3n) is 4.98. The van der Waals surface area contributed by atoms with E-state index in [-0.39, 0.29) is 6.04 Å². The number of sulfonamides is 1. The van der Waals surface area contributed by atoms with Crippen molar-refractivity contribution in [1.82, 2.24) is 4.72 Å². The summed E-state index contributed by atoms with van der Waals surface area (Å²) in [5, 5.41) is 1.95. The average molecular weight is 368 g/mol. The Morgan fingerprint density at radius 3 is 2.12 bits per heavy atom. The van der Waals surface area contributed by atoms with Crippen LogP contribution in [0.4, 0.5) is 0 Å². The Balaban J connectivity index is 1.81. The Morgan fingerprint density at radius 1 is 0.846 bits per heavy atom. The standard InChI is InChI=1S/C22H25NO2S/c1-4-16(2)18-9-11-19(12-10-18)17(3)23-26(24,25)22-14-13-20-7-5-6-8-21(20)15-22/h5-17,23H,4H2,1-3H3. The van der Waals surface area contributed by atoms with Crippen molar-refractivity contribution in [3.63, 3.8) is 0 Å². The molecule has 0 saturated heterocycles. The summed E-state index contributed by atoms with van der Waals surface area (Å²) in [6.07, 6.45) is 1.09. The molecule has 3 aromatic rings. The van der Waals surface area contributed by atoms with Crippen molar-refractivity contribution in [2.24, 2.45) is 0 Å². The van der Waals surface area contributed by atoms with Gasteiger partial charge in [0, 0.05) is 6.04 Å². The Labute approximate surface area is 156 Å². The SMILES string of the molecule is CCC(C)c1ccc(C(C)NS(=O)(=O)c2ccc3ccccc3c2)cc1. The molecule has 0 amide bonds. The summed E-state index contributed by atoms with van der Waals surface area (Å²) in [7, 11) is -3.58. The van der Waals surface area contributed by atoms with E-state index in [1.165, 1.54) is 5.56 Å². The molecule has 0 saturated carbocycles. The maximum Gasteiger partial charge on any atom is 0.241 e. The van der Waals surface area contributed by atoms with Crippen molar-refractivity contribution in [2.45, 2.75) is 44.0 Å². The zero-order valence-corrected chi connectivity index (χ0v) is 16.3.